The molecule has 112 valence electrons. The predicted molar refractivity (Wildman–Crippen MR) is 78.0 cm³/mol. The molecule has 0 radical (unpaired) electrons. The van der Waals surface area contributed by atoms with Crippen molar-refractivity contribution in [3.8, 4) is 0 Å². The van der Waals surface area contributed by atoms with Crippen molar-refractivity contribution in [1.29, 1.82) is 0 Å². The average molecular weight is 288 g/mol. The van der Waals surface area contributed by atoms with Crippen LogP contribution in [0.2, 0.25) is 0 Å². The summed E-state index contributed by atoms with van der Waals surface area (Å²) in [5.74, 6) is 1.24. The van der Waals surface area contributed by atoms with E-state index < -0.39 is 0 Å². The number of rotatable bonds is 6. The van der Waals surface area contributed by atoms with Crippen LogP contribution in [-0.4, -0.2) is 41.6 Å². The second kappa shape index (κ2) is 5.73. The van der Waals surface area contributed by atoms with Crippen molar-refractivity contribution in [2.75, 3.05) is 20.6 Å². The Balaban J connectivity index is 1.60. The van der Waals surface area contributed by atoms with E-state index in [9.17, 15) is 4.79 Å². The molecule has 2 N–H and O–H groups in total. The maximum atomic E-state index is 12.2. The predicted octanol–water partition coefficient (Wildman–Crippen LogP) is 1.91. The van der Waals surface area contributed by atoms with Crippen LogP contribution < -0.4 is 5.32 Å². The van der Waals surface area contributed by atoms with Gasteiger partial charge >= 0.3 is 0 Å². The van der Waals surface area contributed by atoms with E-state index in [2.05, 4.69) is 15.5 Å². The van der Waals surface area contributed by atoms with Crippen molar-refractivity contribution in [3.05, 3.63) is 41.6 Å². The average Bonchev–Trinajstić information content (AvgIpc) is 2.98. The van der Waals surface area contributed by atoms with E-state index in [1.807, 2.05) is 37.2 Å². The summed E-state index contributed by atoms with van der Waals surface area (Å²) in [6.45, 7) is 0.477. The molecule has 0 spiro atoms. The van der Waals surface area contributed by atoms with Crippen LogP contribution in [0.3, 0.4) is 0 Å². The number of amides is 1. The van der Waals surface area contributed by atoms with Gasteiger partial charge in [0.1, 0.15) is 11.5 Å². The van der Waals surface area contributed by atoms with Crippen LogP contribution in [0.15, 0.2) is 28.9 Å². The summed E-state index contributed by atoms with van der Waals surface area (Å²) in [5.41, 5.74) is 1.52. The van der Waals surface area contributed by atoms with Crippen molar-refractivity contribution in [2.24, 2.45) is 0 Å². The first-order valence-electron chi connectivity index (χ1n) is 7.18. The number of carbonyl (C=O) groups excluding carboxylic acids is 1. The molecule has 1 aliphatic rings. The zero-order valence-corrected chi connectivity index (χ0v) is 12.3. The Bertz CT molecular complexity index is 599. The van der Waals surface area contributed by atoms with E-state index in [4.69, 9.17) is 4.42 Å². The Morgan fingerprint density at radius 1 is 1.57 bits per heavy atom. The summed E-state index contributed by atoms with van der Waals surface area (Å²) >= 11 is 0. The summed E-state index contributed by atoms with van der Waals surface area (Å²) in [7, 11) is 3.91. The van der Waals surface area contributed by atoms with Crippen LogP contribution >= 0.6 is 0 Å². The monoisotopic (exact) mass is 288 g/mol. The molecule has 21 heavy (non-hydrogen) atoms. The molecule has 2 aromatic heterocycles. The molecule has 1 saturated carbocycles. The number of nitrogens with one attached hydrogen (secondary N) is 2. The standard InChI is InChI=1S/C15H20N4O2/c1-19(2)13(14-4-3-7-21-14)9-16-15(20)12-8-11(17-18-12)10-5-6-10/h3-4,7-8,10,13H,5-6,9H2,1-2H3,(H,16,20)(H,17,18)/t13-/m0/s1. The molecule has 0 saturated heterocycles. The Hall–Kier alpha value is -2.08. The van der Waals surface area contributed by atoms with Crippen LogP contribution in [-0.2, 0) is 0 Å². The van der Waals surface area contributed by atoms with Crippen LogP contribution in [0.1, 0.15) is 46.7 Å². The van der Waals surface area contributed by atoms with Gasteiger partial charge in [0, 0.05) is 18.2 Å². The highest BCUT2D eigenvalue weighted by atomic mass is 16.3. The van der Waals surface area contributed by atoms with Gasteiger partial charge in [-0.1, -0.05) is 0 Å². The molecule has 0 aromatic carbocycles. The van der Waals surface area contributed by atoms with E-state index in [0.717, 1.165) is 11.5 Å². The number of carbonyl (C=O) groups is 1. The molecule has 3 rings (SSSR count). The minimum atomic E-state index is -0.156. The summed E-state index contributed by atoms with van der Waals surface area (Å²) in [6.07, 6.45) is 4.01. The second-order valence-electron chi connectivity index (χ2n) is 5.69. The van der Waals surface area contributed by atoms with Gasteiger partial charge in [0.2, 0.25) is 0 Å². The van der Waals surface area contributed by atoms with Gasteiger partial charge in [0.25, 0.3) is 5.91 Å². The van der Waals surface area contributed by atoms with Crippen LogP contribution in [0.25, 0.3) is 0 Å². The minimum absolute atomic E-state index is 0.00537. The highest BCUT2D eigenvalue weighted by Gasteiger charge is 2.26. The fourth-order valence-electron chi connectivity index (χ4n) is 2.35. The fraction of sp³-hybridized carbons (Fsp3) is 0.467. The van der Waals surface area contributed by atoms with Gasteiger partial charge in [0.15, 0.2) is 0 Å². The smallest absolute Gasteiger partial charge is 0.271 e. The minimum Gasteiger partial charge on any atom is -0.468 e. The number of aromatic amines is 1. The van der Waals surface area contributed by atoms with E-state index in [1.54, 1.807) is 6.26 Å². The van der Waals surface area contributed by atoms with Gasteiger partial charge < -0.3 is 9.73 Å². The molecule has 6 nitrogen and oxygen atoms in total. The third-order valence-corrected chi connectivity index (χ3v) is 3.80. The third-order valence-electron chi connectivity index (χ3n) is 3.80. The molecule has 1 amide bonds. The topological polar surface area (TPSA) is 74.2 Å². The van der Waals surface area contributed by atoms with E-state index >= 15 is 0 Å². The van der Waals surface area contributed by atoms with Crippen molar-refractivity contribution in [3.63, 3.8) is 0 Å². The number of hydrogen-bond acceptors (Lipinski definition) is 4. The SMILES string of the molecule is CN(C)[C@@H](CNC(=O)c1cc(C2CC2)[nH]n1)c1ccco1. The molecule has 6 heteroatoms. The van der Waals surface area contributed by atoms with Gasteiger partial charge in [-0.15, -0.1) is 0 Å². The first kappa shape index (κ1) is 13.9. The number of aromatic nitrogens is 2. The Kier molecular flexibility index (Phi) is 3.79. The molecule has 0 aliphatic heterocycles. The lowest BCUT2D eigenvalue weighted by Gasteiger charge is -2.22. The van der Waals surface area contributed by atoms with E-state index in [0.29, 0.717) is 18.2 Å². The molecule has 0 unspecified atom stereocenters. The van der Waals surface area contributed by atoms with Crippen LogP contribution in [0.4, 0.5) is 0 Å². The summed E-state index contributed by atoms with van der Waals surface area (Å²) < 4.78 is 5.42. The van der Waals surface area contributed by atoms with Gasteiger partial charge in [0.05, 0.1) is 12.3 Å². The molecule has 2 aromatic rings. The highest BCUT2D eigenvalue weighted by molar-refractivity contribution is 5.92. The third kappa shape index (κ3) is 3.16. The zero-order valence-electron chi connectivity index (χ0n) is 12.3. The highest BCUT2D eigenvalue weighted by Crippen LogP contribution is 2.38. The second-order valence-corrected chi connectivity index (χ2v) is 5.69. The first-order chi connectivity index (χ1) is 10.1. The number of H-pyrrole nitrogens is 1. The molecular weight excluding hydrogens is 268 g/mol. The van der Waals surface area contributed by atoms with Gasteiger partial charge in [-0.2, -0.15) is 5.10 Å². The lowest BCUT2D eigenvalue weighted by molar-refractivity contribution is 0.0934. The van der Waals surface area contributed by atoms with Crippen molar-refractivity contribution in [2.45, 2.75) is 24.8 Å². The Morgan fingerprint density at radius 2 is 2.38 bits per heavy atom. The van der Waals surface area contributed by atoms with E-state index in [1.165, 1.54) is 12.8 Å². The number of nitrogens with zero attached hydrogens (tertiary/aromatic N) is 2. The molecular formula is C15H20N4O2. The molecule has 2 heterocycles. The van der Waals surface area contributed by atoms with Gasteiger partial charge in [-0.25, -0.2) is 0 Å². The Labute approximate surface area is 123 Å². The maximum Gasteiger partial charge on any atom is 0.271 e. The molecule has 1 aliphatic carbocycles. The van der Waals surface area contributed by atoms with Crippen LogP contribution in [0.5, 0.6) is 0 Å². The molecule has 1 fully saturated rings. The zero-order chi connectivity index (χ0) is 14.8. The maximum absolute atomic E-state index is 12.2. The largest absolute Gasteiger partial charge is 0.468 e. The quantitative estimate of drug-likeness (QED) is 0.851. The number of furan rings is 1. The van der Waals surface area contributed by atoms with Gasteiger partial charge in [-0.3, -0.25) is 14.8 Å². The normalized spacial score (nSPS) is 16.1. The summed E-state index contributed by atoms with van der Waals surface area (Å²) in [4.78, 5) is 14.2. The number of hydrogen-bond donors (Lipinski definition) is 2. The lowest BCUT2D eigenvalue weighted by atomic mass is 10.2. The first-order valence-corrected chi connectivity index (χ1v) is 7.18. The van der Waals surface area contributed by atoms with E-state index in [-0.39, 0.29) is 11.9 Å². The Morgan fingerprint density at radius 3 is 3.00 bits per heavy atom. The van der Waals surface area contributed by atoms with Crippen molar-refractivity contribution < 1.29 is 9.21 Å². The summed E-state index contributed by atoms with van der Waals surface area (Å²) in [6, 6.07) is 5.62. The fourth-order valence-corrected chi connectivity index (χ4v) is 2.35. The molecule has 1 atom stereocenters. The van der Waals surface area contributed by atoms with Crippen molar-refractivity contribution >= 4 is 5.91 Å². The van der Waals surface area contributed by atoms with Crippen molar-refractivity contribution in [1.82, 2.24) is 20.4 Å². The number of likely N-dealkylation sites (N-methyl/N-ethyl adjacent to an activating group) is 1. The lowest BCUT2D eigenvalue weighted by Crippen LogP contribution is -2.34. The molecule has 0 bridgehead atoms. The summed E-state index contributed by atoms with van der Waals surface area (Å²) in [5, 5.41) is 9.95. The van der Waals surface area contributed by atoms with Gasteiger partial charge in [-0.05, 0) is 45.1 Å². The van der Waals surface area contributed by atoms with Crippen LogP contribution in [0, 0.1) is 0 Å².